The van der Waals surface area contributed by atoms with Crippen LogP contribution in [0.15, 0.2) is 76.6 Å². The number of carbonyl (C=O) groups is 1. The average molecular weight is 495 g/mol. The topological polar surface area (TPSA) is 79.1 Å². The summed E-state index contributed by atoms with van der Waals surface area (Å²) in [6.07, 6.45) is 3.45. The molecule has 1 aliphatic heterocycles. The van der Waals surface area contributed by atoms with Crippen molar-refractivity contribution in [1.82, 2.24) is 19.7 Å². The molecule has 0 bridgehead atoms. The lowest BCUT2D eigenvalue weighted by atomic mass is 10.1. The lowest BCUT2D eigenvalue weighted by Gasteiger charge is -2.10. The second-order valence-corrected chi connectivity index (χ2v) is 8.50. The van der Waals surface area contributed by atoms with Gasteiger partial charge in [-0.1, -0.05) is 27.7 Å². The Bertz CT molecular complexity index is 1250. The van der Waals surface area contributed by atoms with Crippen LogP contribution >= 0.6 is 27.7 Å². The van der Waals surface area contributed by atoms with Crippen LogP contribution in [0.4, 0.5) is 0 Å². The molecule has 2 aromatic heterocycles. The van der Waals surface area contributed by atoms with Crippen molar-refractivity contribution in [2.75, 3.05) is 12.5 Å². The number of ether oxygens (including phenoxy) is 2. The second kappa shape index (κ2) is 8.52. The molecule has 0 unspecified atom stereocenters. The van der Waals surface area contributed by atoms with E-state index in [0.717, 1.165) is 15.7 Å². The van der Waals surface area contributed by atoms with E-state index in [1.165, 1.54) is 11.8 Å². The first-order valence-electron chi connectivity index (χ1n) is 9.36. The maximum atomic E-state index is 12.8. The van der Waals surface area contributed by atoms with Crippen molar-refractivity contribution in [3.05, 3.63) is 77.0 Å². The summed E-state index contributed by atoms with van der Waals surface area (Å²) in [7, 11) is 0. The summed E-state index contributed by atoms with van der Waals surface area (Å²) in [6.45, 7) is 0.176. The third-order valence-electron chi connectivity index (χ3n) is 4.66. The molecular weight excluding hydrogens is 480 g/mol. The molecule has 1 aliphatic rings. The van der Waals surface area contributed by atoms with Gasteiger partial charge >= 0.3 is 0 Å². The standard InChI is InChI=1S/C22H15BrN4O3S/c23-16-4-6-17(7-5-16)27-21(15-2-1-9-24-11-15)25-26-22(27)31-12-18(28)14-3-8-19-20(10-14)30-13-29-19/h1-11H,12-13H2. The van der Waals surface area contributed by atoms with Gasteiger partial charge < -0.3 is 9.47 Å². The van der Waals surface area contributed by atoms with Crippen LogP contribution in [-0.2, 0) is 0 Å². The molecule has 31 heavy (non-hydrogen) atoms. The highest BCUT2D eigenvalue weighted by Crippen LogP contribution is 2.33. The Morgan fingerprint density at radius 2 is 1.90 bits per heavy atom. The maximum Gasteiger partial charge on any atom is 0.231 e. The number of pyridine rings is 1. The summed E-state index contributed by atoms with van der Waals surface area (Å²) in [6, 6.07) is 16.8. The number of thioether (sulfide) groups is 1. The Hall–Kier alpha value is -3.17. The zero-order valence-electron chi connectivity index (χ0n) is 16.1. The fraction of sp³-hybridized carbons (Fsp3) is 0.0909. The highest BCUT2D eigenvalue weighted by Gasteiger charge is 2.20. The number of Topliss-reactive ketones (excluding diaryl/α,β-unsaturated/α-hetero) is 1. The van der Waals surface area contributed by atoms with Crippen molar-refractivity contribution in [1.29, 1.82) is 0 Å². The number of hydrogen-bond acceptors (Lipinski definition) is 7. The molecule has 7 nitrogen and oxygen atoms in total. The van der Waals surface area contributed by atoms with Gasteiger partial charge in [-0.2, -0.15) is 0 Å². The van der Waals surface area contributed by atoms with E-state index in [9.17, 15) is 4.79 Å². The predicted octanol–water partition coefficient (Wildman–Crippen LogP) is 4.80. The summed E-state index contributed by atoms with van der Waals surface area (Å²) in [5, 5.41) is 9.35. The summed E-state index contributed by atoms with van der Waals surface area (Å²) in [4.78, 5) is 17.0. The Labute approximate surface area is 190 Å². The molecule has 5 rings (SSSR count). The van der Waals surface area contributed by atoms with Crippen molar-refractivity contribution in [3.8, 4) is 28.6 Å². The minimum Gasteiger partial charge on any atom is -0.454 e. The van der Waals surface area contributed by atoms with Gasteiger partial charge in [-0.05, 0) is 54.6 Å². The van der Waals surface area contributed by atoms with E-state index in [2.05, 4.69) is 31.1 Å². The first-order chi connectivity index (χ1) is 15.2. The lowest BCUT2D eigenvalue weighted by molar-refractivity contribution is 0.102. The summed E-state index contributed by atoms with van der Waals surface area (Å²) < 4.78 is 13.6. The predicted molar refractivity (Wildman–Crippen MR) is 120 cm³/mol. The molecule has 154 valence electrons. The first kappa shape index (κ1) is 19.8. The smallest absolute Gasteiger partial charge is 0.231 e. The largest absolute Gasteiger partial charge is 0.454 e. The van der Waals surface area contributed by atoms with Crippen LogP contribution in [0.1, 0.15) is 10.4 Å². The highest BCUT2D eigenvalue weighted by molar-refractivity contribution is 9.10. The van der Waals surface area contributed by atoms with Gasteiger partial charge in [0, 0.05) is 33.7 Å². The van der Waals surface area contributed by atoms with Gasteiger partial charge in [-0.15, -0.1) is 10.2 Å². The maximum absolute atomic E-state index is 12.8. The molecule has 2 aromatic carbocycles. The van der Waals surface area contributed by atoms with Crippen LogP contribution in [0.25, 0.3) is 17.1 Å². The van der Waals surface area contributed by atoms with E-state index in [1.54, 1.807) is 30.6 Å². The molecule has 0 atom stereocenters. The second-order valence-electron chi connectivity index (χ2n) is 6.64. The Kier molecular flexibility index (Phi) is 5.44. The van der Waals surface area contributed by atoms with Crippen molar-refractivity contribution in [2.45, 2.75) is 5.16 Å². The molecule has 0 aliphatic carbocycles. The molecule has 0 fully saturated rings. The number of hydrogen-bond donors (Lipinski definition) is 0. The van der Waals surface area contributed by atoms with E-state index in [-0.39, 0.29) is 18.3 Å². The van der Waals surface area contributed by atoms with Crippen LogP contribution in [-0.4, -0.2) is 38.1 Å². The number of aromatic nitrogens is 4. The van der Waals surface area contributed by atoms with Crippen molar-refractivity contribution < 1.29 is 14.3 Å². The minimum atomic E-state index is -0.0309. The van der Waals surface area contributed by atoms with Gasteiger partial charge in [0.25, 0.3) is 0 Å². The Balaban J connectivity index is 1.44. The van der Waals surface area contributed by atoms with Crippen molar-refractivity contribution in [2.24, 2.45) is 0 Å². The molecule has 0 saturated heterocycles. The third-order valence-corrected chi connectivity index (χ3v) is 6.12. The lowest BCUT2D eigenvalue weighted by Crippen LogP contribution is -2.05. The van der Waals surface area contributed by atoms with E-state index in [1.807, 2.05) is 41.0 Å². The number of carbonyl (C=O) groups excluding carboxylic acids is 1. The minimum absolute atomic E-state index is 0.0309. The van der Waals surface area contributed by atoms with Gasteiger partial charge in [0.15, 0.2) is 28.3 Å². The molecule has 9 heteroatoms. The van der Waals surface area contributed by atoms with Gasteiger partial charge in [0.05, 0.1) is 5.75 Å². The summed E-state index contributed by atoms with van der Waals surface area (Å²) in [5.74, 6) is 2.08. The quantitative estimate of drug-likeness (QED) is 0.281. The number of benzene rings is 2. The molecule has 3 heterocycles. The van der Waals surface area contributed by atoms with Crippen LogP contribution in [0, 0.1) is 0 Å². The third kappa shape index (κ3) is 4.06. The number of halogens is 1. The summed E-state index contributed by atoms with van der Waals surface area (Å²) in [5.41, 5.74) is 2.30. The number of fused-ring (bicyclic) bond motifs is 1. The average Bonchev–Trinajstić information content (AvgIpc) is 3.45. The Morgan fingerprint density at radius 1 is 1.06 bits per heavy atom. The number of ketones is 1. The zero-order valence-corrected chi connectivity index (χ0v) is 18.5. The van der Waals surface area contributed by atoms with E-state index in [4.69, 9.17) is 9.47 Å². The molecule has 0 spiro atoms. The Morgan fingerprint density at radius 3 is 2.71 bits per heavy atom. The zero-order chi connectivity index (χ0) is 21.2. The molecule has 0 amide bonds. The van der Waals surface area contributed by atoms with Gasteiger partial charge in [0.2, 0.25) is 6.79 Å². The van der Waals surface area contributed by atoms with E-state index < -0.39 is 0 Å². The van der Waals surface area contributed by atoms with Crippen molar-refractivity contribution in [3.63, 3.8) is 0 Å². The van der Waals surface area contributed by atoms with Crippen LogP contribution in [0.3, 0.4) is 0 Å². The van der Waals surface area contributed by atoms with Crippen LogP contribution in [0.5, 0.6) is 11.5 Å². The van der Waals surface area contributed by atoms with Crippen LogP contribution < -0.4 is 9.47 Å². The molecule has 0 N–H and O–H groups in total. The number of rotatable bonds is 6. The fourth-order valence-electron chi connectivity index (χ4n) is 3.15. The first-order valence-corrected chi connectivity index (χ1v) is 11.1. The van der Waals surface area contributed by atoms with E-state index in [0.29, 0.717) is 28.0 Å². The van der Waals surface area contributed by atoms with Gasteiger partial charge in [-0.3, -0.25) is 14.3 Å². The highest BCUT2D eigenvalue weighted by atomic mass is 79.9. The molecule has 0 saturated carbocycles. The van der Waals surface area contributed by atoms with Crippen molar-refractivity contribution >= 4 is 33.5 Å². The fourth-order valence-corrected chi connectivity index (χ4v) is 4.26. The monoisotopic (exact) mass is 494 g/mol. The van der Waals surface area contributed by atoms with Crippen LogP contribution in [0.2, 0.25) is 0 Å². The number of nitrogens with zero attached hydrogens (tertiary/aromatic N) is 4. The normalized spacial score (nSPS) is 12.2. The van der Waals surface area contributed by atoms with E-state index >= 15 is 0 Å². The SMILES string of the molecule is O=C(CSc1nnc(-c2cccnc2)n1-c1ccc(Br)cc1)c1ccc2c(c1)OCO2. The van der Waals surface area contributed by atoms with Gasteiger partial charge in [-0.25, -0.2) is 0 Å². The summed E-state index contributed by atoms with van der Waals surface area (Å²) >= 11 is 4.80. The van der Waals surface area contributed by atoms with Gasteiger partial charge in [0.1, 0.15) is 0 Å². The molecule has 4 aromatic rings. The molecule has 0 radical (unpaired) electrons. The molecular formula is C22H15BrN4O3S.